The van der Waals surface area contributed by atoms with E-state index in [1.54, 1.807) is 24.3 Å². The van der Waals surface area contributed by atoms with E-state index in [0.717, 1.165) is 12.1 Å². The van der Waals surface area contributed by atoms with Crippen molar-refractivity contribution in [1.29, 1.82) is 0 Å². The summed E-state index contributed by atoms with van der Waals surface area (Å²) in [6.07, 6.45) is 5.85. The van der Waals surface area contributed by atoms with Crippen LogP contribution in [0.15, 0.2) is 29.2 Å². The molecule has 0 spiro atoms. The first-order chi connectivity index (χ1) is 16.3. The number of rotatable bonds is 6. The molecule has 0 radical (unpaired) electrons. The molecule has 1 aliphatic carbocycles. The largest absolute Gasteiger partial charge is 0.389 e. The Morgan fingerprint density at radius 3 is 2.56 bits per heavy atom. The average molecular weight is 495 g/mol. The number of hydrogen-bond acceptors (Lipinski definition) is 6. The number of sulfonamides is 1. The lowest BCUT2D eigenvalue weighted by molar-refractivity contribution is -0.146. The van der Waals surface area contributed by atoms with Gasteiger partial charge in [-0.2, -0.15) is 4.31 Å². The summed E-state index contributed by atoms with van der Waals surface area (Å²) < 4.78 is 40.3. The Hall–Kier alpha value is -1.52. The van der Waals surface area contributed by atoms with E-state index in [1.807, 2.05) is 6.92 Å². The summed E-state index contributed by atoms with van der Waals surface area (Å²) >= 11 is 0. The van der Waals surface area contributed by atoms with Crippen LogP contribution in [0.5, 0.6) is 0 Å². The quantitative estimate of drug-likeness (QED) is 0.629. The van der Waals surface area contributed by atoms with Gasteiger partial charge in [0.05, 0.1) is 48.9 Å². The SMILES string of the molecule is Cc1ccc(S(=O)(=O)N2C[C@H](O)COC[C@@H]3O[C@H](CC(=O)NCC4CCCCC4)CC[C@H]32)cc1. The first kappa shape index (κ1) is 25.6. The third-order valence-electron chi connectivity index (χ3n) is 7.29. The molecule has 8 nitrogen and oxygen atoms in total. The Bertz CT molecular complexity index is 916. The number of carbonyl (C=O) groups excluding carboxylic acids is 1. The maximum atomic E-state index is 13.5. The molecule has 2 N–H and O–H groups in total. The summed E-state index contributed by atoms with van der Waals surface area (Å²) in [4.78, 5) is 12.8. The van der Waals surface area contributed by atoms with Crippen LogP contribution in [0.25, 0.3) is 0 Å². The van der Waals surface area contributed by atoms with Gasteiger partial charge in [-0.3, -0.25) is 4.79 Å². The molecule has 1 saturated carbocycles. The zero-order valence-corrected chi connectivity index (χ0v) is 20.8. The van der Waals surface area contributed by atoms with Crippen LogP contribution in [0.4, 0.5) is 0 Å². The molecule has 0 bridgehead atoms. The van der Waals surface area contributed by atoms with E-state index in [-0.39, 0.29) is 43.1 Å². The smallest absolute Gasteiger partial charge is 0.243 e. The maximum absolute atomic E-state index is 13.5. The summed E-state index contributed by atoms with van der Waals surface area (Å²) in [6.45, 7) is 2.80. The van der Waals surface area contributed by atoms with Crippen LogP contribution in [0.3, 0.4) is 0 Å². The molecule has 3 fully saturated rings. The molecule has 34 heavy (non-hydrogen) atoms. The van der Waals surface area contributed by atoms with Crippen LogP contribution in [0.1, 0.15) is 56.9 Å². The van der Waals surface area contributed by atoms with Gasteiger partial charge in [-0.25, -0.2) is 8.42 Å². The summed E-state index contributed by atoms with van der Waals surface area (Å²) in [6, 6.07) is 6.29. The van der Waals surface area contributed by atoms with Gasteiger partial charge in [0.1, 0.15) is 0 Å². The third kappa shape index (κ3) is 6.37. The predicted octanol–water partition coefficient (Wildman–Crippen LogP) is 2.38. The maximum Gasteiger partial charge on any atom is 0.243 e. The van der Waals surface area contributed by atoms with E-state index in [2.05, 4.69) is 5.32 Å². The normalized spacial score (nSPS) is 29.6. The van der Waals surface area contributed by atoms with E-state index in [1.165, 1.54) is 36.4 Å². The van der Waals surface area contributed by atoms with Gasteiger partial charge >= 0.3 is 0 Å². The number of benzene rings is 1. The first-order valence-electron chi connectivity index (χ1n) is 12.6. The standard InChI is InChI=1S/C25H38N2O6S/c1-18-7-10-22(11-8-18)34(30,31)27-15-20(28)16-32-17-24-23(27)12-9-21(33-24)13-25(29)26-14-19-5-3-2-4-6-19/h7-8,10-11,19-21,23-24,28H,2-6,9,12-17H2,1H3,(H,26,29)/t20-,21-,23+,24-/m0/s1. The Kier molecular flexibility index (Phi) is 8.63. The number of nitrogens with one attached hydrogen (secondary N) is 1. The van der Waals surface area contributed by atoms with Crippen LogP contribution in [-0.2, 0) is 24.3 Å². The highest BCUT2D eigenvalue weighted by Crippen LogP contribution is 2.31. The molecule has 1 aromatic carbocycles. The number of aliphatic hydroxyl groups excluding tert-OH is 1. The molecule has 4 rings (SSSR count). The molecule has 190 valence electrons. The van der Waals surface area contributed by atoms with Gasteiger partial charge in [0.25, 0.3) is 0 Å². The topological polar surface area (TPSA) is 105 Å². The molecule has 0 aromatic heterocycles. The number of amides is 1. The number of aliphatic hydroxyl groups is 1. The van der Waals surface area contributed by atoms with Crippen LogP contribution >= 0.6 is 0 Å². The van der Waals surface area contributed by atoms with Crippen molar-refractivity contribution in [2.75, 3.05) is 26.3 Å². The lowest BCUT2D eigenvalue weighted by Gasteiger charge is -2.43. The molecule has 2 saturated heterocycles. The van der Waals surface area contributed by atoms with Crippen LogP contribution < -0.4 is 5.32 Å². The molecule has 3 aliphatic rings. The highest BCUT2D eigenvalue weighted by atomic mass is 32.2. The molecular formula is C25H38N2O6S. The van der Waals surface area contributed by atoms with Crippen molar-refractivity contribution < 1.29 is 27.8 Å². The Morgan fingerprint density at radius 2 is 1.82 bits per heavy atom. The van der Waals surface area contributed by atoms with E-state index in [4.69, 9.17) is 9.47 Å². The number of carbonyl (C=O) groups is 1. The average Bonchev–Trinajstić information content (AvgIpc) is 2.81. The van der Waals surface area contributed by atoms with Crippen molar-refractivity contribution in [1.82, 2.24) is 9.62 Å². The molecule has 1 amide bonds. The number of nitrogens with zero attached hydrogens (tertiary/aromatic N) is 1. The molecule has 4 atom stereocenters. The molecule has 2 heterocycles. The van der Waals surface area contributed by atoms with Crippen LogP contribution in [-0.4, -0.2) is 74.4 Å². The van der Waals surface area contributed by atoms with Gasteiger partial charge in [0.2, 0.25) is 15.9 Å². The van der Waals surface area contributed by atoms with E-state index >= 15 is 0 Å². The van der Waals surface area contributed by atoms with E-state index in [0.29, 0.717) is 18.8 Å². The zero-order valence-electron chi connectivity index (χ0n) is 20.0. The van der Waals surface area contributed by atoms with Crippen molar-refractivity contribution in [3.05, 3.63) is 29.8 Å². The van der Waals surface area contributed by atoms with Crippen LogP contribution in [0.2, 0.25) is 0 Å². The first-order valence-corrected chi connectivity index (χ1v) is 14.0. The number of aryl methyl sites for hydroxylation is 1. The number of fused-ring (bicyclic) bond motifs is 1. The summed E-state index contributed by atoms with van der Waals surface area (Å²) in [7, 11) is -3.82. The fourth-order valence-electron chi connectivity index (χ4n) is 5.34. The van der Waals surface area contributed by atoms with Gasteiger partial charge in [-0.05, 0) is 50.7 Å². The van der Waals surface area contributed by atoms with Gasteiger partial charge in [0, 0.05) is 13.1 Å². The molecule has 2 aliphatic heterocycles. The Morgan fingerprint density at radius 1 is 1.09 bits per heavy atom. The lowest BCUT2D eigenvalue weighted by Crippen LogP contribution is -2.57. The van der Waals surface area contributed by atoms with E-state index < -0.39 is 28.3 Å². The summed E-state index contributed by atoms with van der Waals surface area (Å²) in [5.74, 6) is 0.556. The van der Waals surface area contributed by atoms with Crippen molar-refractivity contribution in [3.8, 4) is 0 Å². The second kappa shape index (κ2) is 11.5. The second-order valence-electron chi connectivity index (χ2n) is 10.0. The predicted molar refractivity (Wildman–Crippen MR) is 128 cm³/mol. The number of ether oxygens (including phenoxy) is 2. The van der Waals surface area contributed by atoms with Crippen molar-refractivity contribution in [2.45, 2.75) is 87.5 Å². The highest BCUT2D eigenvalue weighted by molar-refractivity contribution is 7.89. The van der Waals surface area contributed by atoms with Crippen molar-refractivity contribution in [2.24, 2.45) is 5.92 Å². The van der Waals surface area contributed by atoms with Gasteiger partial charge in [-0.15, -0.1) is 0 Å². The van der Waals surface area contributed by atoms with Gasteiger partial charge in [-0.1, -0.05) is 37.0 Å². The summed E-state index contributed by atoms with van der Waals surface area (Å²) in [5.41, 5.74) is 0.975. The van der Waals surface area contributed by atoms with Gasteiger partial charge in [0.15, 0.2) is 0 Å². The molecule has 0 unspecified atom stereocenters. The molecule has 1 aromatic rings. The fourth-order valence-corrected chi connectivity index (χ4v) is 7.06. The van der Waals surface area contributed by atoms with Gasteiger partial charge < -0.3 is 19.9 Å². The third-order valence-corrected chi connectivity index (χ3v) is 9.19. The molecular weight excluding hydrogens is 456 g/mol. The number of β-amino-alcohol motifs (C(OH)–C–C–N with tert-alkyl or cyclic N) is 1. The van der Waals surface area contributed by atoms with Crippen molar-refractivity contribution in [3.63, 3.8) is 0 Å². The minimum atomic E-state index is -3.82. The number of hydrogen-bond donors (Lipinski definition) is 2. The Labute approximate surface area is 203 Å². The monoisotopic (exact) mass is 494 g/mol. The minimum Gasteiger partial charge on any atom is -0.389 e. The fraction of sp³-hybridized carbons (Fsp3) is 0.720. The lowest BCUT2D eigenvalue weighted by atomic mass is 9.89. The second-order valence-corrected chi connectivity index (χ2v) is 11.9. The van der Waals surface area contributed by atoms with E-state index in [9.17, 15) is 18.3 Å². The minimum absolute atomic E-state index is 0.0136. The Balaban J connectivity index is 1.40. The zero-order chi connectivity index (χ0) is 24.1. The summed E-state index contributed by atoms with van der Waals surface area (Å²) in [5, 5.41) is 13.4. The highest BCUT2D eigenvalue weighted by Gasteiger charge is 2.43. The van der Waals surface area contributed by atoms with Crippen molar-refractivity contribution >= 4 is 15.9 Å². The molecule has 9 heteroatoms. The van der Waals surface area contributed by atoms with Crippen LogP contribution in [0, 0.1) is 12.8 Å².